The van der Waals surface area contributed by atoms with E-state index >= 15 is 0 Å². The van der Waals surface area contributed by atoms with Gasteiger partial charge in [0.1, 0.15) is 0 Å². The van der Waals surface area contributed by atoms with Crippen molar-refractivity contribution >= 4 is 21.7 Å². The monoisotopic (exact) mass is 494 g/mol. The van der Waals surface area contributed by atoms with Crippen LogP contribution in [0.2, 0.25) is 0 Å². The fraction of sp³-hybridized carbons (Fsp3) is 0.241. The zero-order valence-electron chi connectivity index (χ0n) is 20.4. The molecular formula is C29H26N4O4. The van der Waals surface area contributed by atoms with E-state index in [1.807, 2.05) is 36.4 Å². The molecule has 5 aromatic rings. The van der Waals surface area contributed by atoms with Crippen molar-refractivity contribution in [3.05, 3.63) is 94.8 Å². The molecule has 2 atom stereocenters. The summed E-state index contributed by atoms with van der Waals surface area (Å²) in [5.41, 5.74) is 4.62. The zero-order chi connectivity index (χ0) is 25.4. The molecule has 1 saturated heterocycles. The van der Waals surface area contributed by atoms with Crippen LogP contribution >= 0.6 is 0 Å². The lowest BCUT2D eigenvalue weighted by molar-refractivity contribution is -0.0395. The molecule has 8 nitrogen and oxygen atoms in total. The molecule has 1 N–H and O–H groups in total. The van der Waals surface area contributed by atoms with Crippen LogP contribution in [0.4, 0.5) is 0 Å². The Labute approximate surface area is 213 Å². The van der Waals surface area contributed by atoms with Crippen LogP contribution in [0.15, 0.2) is 78.1 Å². The molecule has 1 aliphatic rings. The number of nitrogens with zero attached hydrogens (tertiary/aromatic N) is 4. The Kier molecular flexibility index (Phi) is 6.12. The number of methoxy groups -OCH3 is 1. The van der Waals surface area contributed by atoms with Gasteiger partial charge in [0.15, 0.2) is 0 Å². The third kappa shape index (κ3) is 4.34. The third-order valence-corrected chi connectivity index (χ3v) is 7.02. The summed E-state index contributed by atoms with van der Waals surface area (Å²) < 4.78 is 12.0. The predicted molar refractivity (Wildman–Crippen MR) is 141 cm³/mol. The predicted octanol–water partition coefficient (Wildman–Crippen LogP) is 3.93. The molecule has 0 aliphatic carbocycles. The van der Waals surface area contributed by atoms with E-state index in [2.05, 4.69) is 33.2 Å². The molecule has 1 fully saturated rings. The molecule has 0 unspecified atom stereocenters. The van der Waals surface area contributed by atoms with Crippen molar-refractivity contribution in [2.24, 2.45) is 0 Å². The van der Waals surface area contributed by atoms with Crippen LogP contribution in [0, 0.1) is 0 Å². The summed E-state index contributed by atoms with van der Waals surface area (Å²) in [4.78, 5) is 26.7. The number of fused-ring (bicyclic) bond motifs is 3. The Hall–Kier alpha value is -4.14. The van der Waals surface area contributed by atoms with Crippen LogP contribution in [0.3, 0.4) is 0 Å². The average molecular weight is 495 g/mol. The van der Waals surface area contributed by atoms with Crippen LogP contribution < -0.4 is 10.3 Å². The molecule has 3 aromatic carbocycles. The Morgan fingerprint density at radius 1 is 1.00 bits per heavy atom. The van der Waals surface area contributed by atoms with Crippen molar-refractivity contribution in [1.82, 2.24) is 19.5 Å². The second-order valence-electron chi connectivity index (χ2n) is 9.26. The normalized spacial score (nSPS) is 17.8. The SMILES string of the molecule is COc1ncc(-c2ccc(Cc3cc4c(=O)n([C@H]5CCOC[C@@H]5O)cnc4c4ccccc34)cc2)cn1. The van der Waals surface area contributed by atoms with E-state index in [9.17, 15) is 9.90 Å². The highest BCUT2D eigenvalue weighted by Crippen LogP contribution is 2.29. The van der Waals surface area contributed by atoms with E-state index in [1.165, 1.54) is 0 Å². The summed E-state index contributed by atoms with van der Waals surface area (Å²) in [7, 11) is 1.54. The van der Waals surface area contributed by atoms with Crippen molar-refractivity contribution in [3.63, 3.8) is 0 Å². The van der Waals surface area contributed by atoms with Crippen LogP contribution in [-0.2, 0) is 11.2 Å². The quantitative estimate of drug-likeness (QED) is 0.370. The molecule has 6 rings (SSSR count). The standard InChI is InChI=1S/C29H26N4O4/c1-36-29-30-14-21(15-31-29)19-8-6-18(7-9-19)12-20-13-24-27(23-5-3-2-4-22(20)23)32-17-33(28(24)35)25-10-11-37-16-26(25)34/h2-9,13-15,17,25-26,34H,10-12,16H2,1H3/t25-,26-/m0/s1. The van der Waals surface area contributed by atoms with Gasteiger partial charge in [0.25, 0.3) is 5.56 Å². The highest BCUT2D eigenvalue weighted by Gasteiger charge is 2.27. The lowest BCUT2D eigenvalue weighted by Crippen LogP contribution is -2.39. The van der Waals surface area contributed by atoms with Crippen molar-refractivity contribution in [3.8, 4) is 17.1 Å². The van der Waals surface area contributed by atoms with Gasteiger partial charge in [-0.3, -0.25) is 9.36 Å². The molecule has 186 valence electrons. The minimum Gasteiger partial charge on any atom is -0.467 e. The summed E-state index contributed by atoms with van der Waals surface area (Å²) in [6.45, 7) is 0.727. The molecule has 0 amide bonds. The molecule has 0 spiro atoms. The number of aliphatic hydroxyl groups excluding tert-OH is 1. The highest BCUT2D eigenvalue weighted by molar-refractivity contribution is 6.06. The van der Waals surface area contributed by atoms with Gasteiger partial charge in [-0.2, -0.15) is 0 Å². The van der Waals surface area contributed by atoms with Gasteiger partial charge in [0.05, 0.1) is 43.1 Å². The number of rotatable bonds is 5. The first-order chi connectivity index (χ1) is 18.1. The van der Waals surface area contributed by atoms with E-state index < -0.39 is 6.10 Å². The maximum absolute atomic E-state index is 13.6. The second-order valence-corrected chi connectivity index (χ2v) is 9.26. The first-order valence-electron chi connectivity index (χ1n) is 12.2. The molecule has 1 aliphatic heterocycles. The third-order valence-electron chi connectivity index (χ3n) is 7.02. The fourth-order valence-corrected chi connectivity index (χ4v) is 5.07. The molecule has 37 heavy (non-hydrogen) atoms. The average Bonchev–Trinajstić information content (AvgIpc) is 2.95. The number of aliphatic hydroxyl groups is 1. The van der Waals surface area contributed by atoms with Crippen molar-refractivity contribution in [1.29, 1.82) is 0 Å². The van der Waals surface area contributed by atoms with Gasteiger partial charge >= 0.3 is 6.01 Å². The van der Waals surface area contributed by atoms with E-state index in [1.54, 1.807) is 30.4 Å². The Morgan fingerprint density at radius 2 is 1.76 bits per heavy atom. The number of ether oxygens (including phenoxy) is 2. The van der Waals surface area contributed by atoms with Gasteiger partial charge < -0.3 is 14.6 Å². The molecule has 2 aromatic heterocycles. The molecule has 0 radical (unpaired) electrons. The van der Waals surface area contributed by atoms with Gasteiger partial charge in [0, 0.05) is 30.0 Å². The molecule has 0 saturated carbocycles. The van der Waals surface area contributed by atoms with Gasteiger partial charge in [-0.25, -0.2) is 15.0 Å². The topological polar surface area (TPSA) is 99.4 Å². The van der Waals surface area contributed by atoms with E-state index in [4.69, 9.17) is 9.47 Å². The van der Waals surface area contributed by atoms with Crippen LogP contribution in [-0.4, -0.2) is 51.1 Å². The number of benzene rings is 3. The minimum absolute atomic E-state index is 0.141. The molecule has 0 bridgehead atoms. The van der Waals surface area contributed by atoms with Crippen molar-refractivity contribution in [2.45, 2.75) is 25.0 Å². The Morgan fingerprint density at radius 3 is 2.49 bits per heavy atom. The smallest absolute Gasteiger partial charge is 0.316 e. The van der Waals surface area contributed by atoms with Crippen LogP contribution in [0.25, 0.3) is 32.8 Å². The van der Waals surface area contributed by atoms with Crippen LogP contribution in [0.1, 0.15) is 23.6 Å². The highest BCUT2D eigenvalue weighted by atomic mass is 16.5. The molecular weight excluding hydrogens is 468 g/mol. The Balaban J connectivity index is 1.39. The minimum atomic E-state index is -0.736. The van der Waals surface area contributed by atoms with Crippen molar-refractivity contribution in [2.75, 3.05) is 20.3 Å². The second kappa shape index (κ2) is 9.72. The zero-order valence-corrected chi connectivity index (χ0v) is 20.4. The summed E-state index contributed by atoms with van der Waals surface area (Å²) in [6.07, 6.45) is 5.54. The fourth-order valence-electron chi connectivity index (χ4n) is 5.07. The summed E-state index contributed by atoms with van der Waals surface area (Å²) in [5.74, 6) is 0. The lowest BCUT2D eigenvalue weighted by atomic mass is 9.95. The van der Waals surface area contributed by atoms with E-state index in [0.29, 0.717) is 36.4 Å². The largest absolute Gasteiger partial charge is 0.467 e. The first kappa shape index (κ1) is 23.3. The molecule has 8 heteroatoms. The Bertz CT molecular complexity index is 1630. The van der Waals surface area contributed by atoms with E-state index in [-0.39, 0.29) is 18.2 Å². The lowest BCUT2D eigenvalue weighted by Gasteiger charge is -2.29. The van der Waals surface area contributed by atoms with Crippen molar-refractivity contribution < 1.29 is 14.6 Å². The van der Waals surface area contributed by atoms with Gasteiger partial charge in [-0.1, -0.05) is 48.5 Å². The number of hydrogen-bond donors (Lipinski definition) is 1. The number of hydrogen-bond acceptors (Lipinski definition) is 7. The maximum Gasteiger partial charge on any atom is 0.316 e. The maximum atomic E-state index is 13.6. The van der Waals surface area contributed by atoms with E-state index in [0.717, 1.165) is 33.0 Å². The number of aromatic nitrogens is 4. The summed E-state index contributed by atoms with van der Waals surface area (Å²) in [5, 5.41) is 13.0. The summed E-state index contributed by atoms with van der Waals surface area (Å²) >= 11 is 0. The van der Waals surface area contributed by atoms with Gasteiger partial charge in [-0.05, 0) is 41.0 Å². The van der Waals surface area contributed by atoms with Crippen LogP contribution in [0.5, 0.6) is 6.01 Å². The van der Waals surface area contributed by atoms with Gasteiger partial charge in [-0.15, -0.1) is 0 Å². The van der Waals surface area contributed by atoms with Gasteiger partial charge in [0.2, 0.25) is 0 Å². The molecule has 3 heterocycles. The first-order valence-corrected chi connectivity index (χ1v) is 12.2. The summed E-state index contributed by atoms with van der Waals surface area (Å²) in [6, 6.07) is 18.3.